The zero-order valence-corrected chi connectivity index (χ0v) is 14.9. The Balaban J connectivity index is 1.77. The Labute approximate surface area is 155 Å². The number of hydrogen-bond donors (Lipinski definition) is 1. The summed E-state index contributed by atoms with van der Waals surface area (Å²) in [5, 5.41) is 4.51. The Morgan fingerprint density at radius 1 is 0.852 bits per heavy atom. The van der Waals surface area contributed by atoms with Crippen LogP contribution in [0.15, 0.2) is 60.7 Å². The van der Waals surface area contributed by atoms with Gasteiger partial charge in [0.25, 0.3) is 0 Å². The fourth-order valence-corrected chi connectivity index (χ4v) is 2.78. The van der Waals surface area contributed by atoms with Gasteiger partial charge in [0.2, 0.25) is 11.8 Å². The average Bonchev–Trinajstić information content (AvgIpc) is 3.07. The second-order valence-electron chi connectivity index (χ2n) is 5.79. The molecule has 27 heavy (non-hydrogen) atoms. The molecule has 4 rings (SSSR count). The van der Waals surface area contributed by atoms with Gasteiger partial charge < -0.3 is 19.9 Å². The maximum atomic E-state index is 5.88. The van der Waals surface area contributed by atoms with Crippen molar-refractivity contribution in [2.75, 3.05) is 20.0 Å². The first kappa shape index (κ1) is 16.7. The molecule has 136 valence electrons. The highest BCUT2D eigenvalue weighted by atomic mass is 16.5. The molecule has 0 aliphatic heterocycles. The number of rotatable bonds is 5. The van der Waals surface area contributed by atoms with Gasteiger partial charge in [-0.05, 0) is 30.3 Å². The molecule has 0 radical (unpaired) electrons. The minimum absolute atomic E-state index is 0.395. The van der Waals surface area contributed by atoms with Crippen LogP contribution in [0.1, 0.15) is 0 Å². The van der Waals surface area contributed by atoms with Crippen LogP contribution in [-0.4, -0.2) is 28.8 Å². The molecule has 2 aromatic carbocycles. The van der Waals surface area contributed by atoms with E-state index in [0.29, 0.717) is 40.3 Å². The van der Waals surface area contributed by atoms with Gasteiger partial charge >= 0.3 is 0 Å². The van der Waals surface area contributed by atoms with E-state index in [1.165, 1.54) is 0 Å². The van der Waals surface area contributed by atoms with Crippen molar-refractivity contribution >= 4 is 11.3 Å². The first-order valence-electron chi connectivity index (χ1n) is 8.30. The van der Waals surface area contributed by atoms with E-state index in [1.807, 2.05) is 54.6 Å². The molecule has 0 atom stereocenters. The summed E-state index contributed by atoms with van der Waals surface area (Å²) in [4.78, 5) is 4.62. The van der Waals surface area contributed by atoms with Crippen LogP contribution in [0.4, 0.5) is 5.69 Å². The molecule has 4 aromatic rings. The quantitative estimate of drug-likeness (QED) is 0.544. The van der Waals surface area contributed by atoms with Crippen molar-refractivity contribution in [3.8, 4) is 34.5 Å². The van der Waals surface area contributed by atoms with Crippen molar-refractivity contribution in [2.45, 2.75) is 0 Å². The summed E-state index contributed by atoms with van der Waals surface area (Å²) in [6, 6.07) is 18.4. The first-order chi connectivity index (χ1) is 13.2. The SMILES string of the molecule is COc1ccccc1Oc1ccc2nc(-c3ccc(N)cc3)c(OC)n2n1. The second kappa shape index (κ2) is 6.87. The number of fused-ring (bicyclic) bond motifs is 1. The van der Waals surface area contributed by atoms with Gasteiger partial charge in [0.1, 0.15) is 5.69 Å². The molecule has 0 spiro atoms. The third-order valence-corrected chi connectivity index (χ3v) is 4.07. The van der Waals surface area contributed by atoms with E-state index in [9.17, 15) is 0 Å². The molecule has 0 saturated carbocycles. The minimum Gasteiger partial charge on any atom is -0.493 e. The Bertz CT molecular complexity index is 1090. The molecule has 2 N–H and O–H groups in total. The van der Waals surface area contributed by atoms with Crippen LogP contribution >= 0.6 is 0 Å². The second-order valence-corrected chi connectivity index (χ2v) is 5.79. The predicted molar refractivity (Wildman–Crippen MR) is 102 cm³/mol. The van der Waals surface area contributed by atoms with Crippen molar-refractivity contribution in [3.63, 3.8) is 0 Å². The van der Waals surface area contributed by atoms with Crippen LogP contribution in [-0.2, 0) is 0 Å². The summed E-state index contributed by atoms with van der Waals surface area (Å²) in [5.74, 6) is 2.11. The van der Waals surface area contributed by atoms with E-state index >= 15 is 0 Å². The smallest absolute Gasteiger partial charge is 0.243 e. The molecule has 2 heterocycles. The third kappa shape index (κ3) is 3.10. The molecule has 0 unspecified atom stereocenters. The molecule has 0 fully saturated rings. The van der Waals surface area contributed by atoms with E-state index in [0.717, 1.165) is 5.56 Å². The number of benzene rings is 2. The topological polar surface area (TPSA) is 83.9 Å². The number of para-hydroxylation sites is 2. The van der Waals surface area contributed by atoms with Crippen LogP contribution in [0.5, 0.6) is 23.3 Å². The Morgan fingerprint density at radius 2 is 1.59 bits per heavy atom. The van der Waals surface area contributed by atoms with Crippen molar-refractivity contribution in [3.05, 3.63) is 60.7 Å². The Hall–Kier alpha value is -3.74. The zero-order chi connectivity index (χ0) is 18.8. The summed E-state index contributed by atoms with van der Waals surface area (Å²) in [6.45, 7) is 0. The largest absolute Gasteiger partial charge is 0.493 e. The summed E-state index contributed by atoms with van der Waals surface area (Å²) in [5.41, 5.74) is 8.67. The van der Waals surface area contributed by atoms with Crippen LogP contribution in [0.25, 0.3) is 16.9 Å². The maximum absolute atomic E-state index is 5.88. The fraction of sp³-hybridized carbons (Fsp3) is 0.100. The lowest BCUT2D eigenvalue weighted by Crippen LogP contribution is -1.99. The highest BCUT2D eigenvalue weighted by Gasteiger charge is 2.17. The van der Waals surface area contributed by atoms with Gasteiger partial charge in [-0.1, -0.05) is 24.3 Å². The molecule has 0 aliphatic carbocycles. The highest BCUT2D eigenvalue weighted by molar-refractivity contribution is 5.70. The standard InChI is InChI=1S/C20H18N4O3/c1-25-15-5-3-4-6-16(15)27-18-12-11-17-22-19(20(26-2)24(17)23-18)13-7-9-14(21)10-8-13/h3-12H,21H2,1-2H3. The summed E-state index contributed by atoms with van der Waals surface area (Å²) >= 11 is 0. The van der Waals surface area contributed by atoms with Crippen LogP contribution in [0.3, 0.4) is 0 Å². The van der Waals surface area contributed by atoms with E-state index in [-0.39, 0.29) is 0 Å². The Morgan fingerprint density at radius 3 is 2.30 bits per heavy atom. The molecule has 0 aliphatic rings. The van der Waals surface area contributed by atoms with Gasteiger partial charge in [-0.3, -0.25) is 0 Å². The predicted octanol–water partition coefficient (Wildman–Crippen LogP) is 3.79. The summed E-state index contributed by atoms with van der Waals surface area (Å²) in [7, 11) is 3.18. The first-order valence-corrected chi connectivity index (χ1v) is 8.30. The number of nitrogens with two attached hydrogens (primary N) is 1. The van der Waals surface area contributed by atoms with Crippen LogP contribution < -0.4 is 19.9 Å². The lowest BCUT2D eigenvalue weighted by atomic mass is 10.1. The highest BCUT2D eigenvalue weighted by Crippen LogP contribution is 2.33. The van der Waals surface area contributed by atoms with E-state index in [1.54, 1.807) is 24.8 Å². The molecule has 0 amide bonds. The normalized spacial score (nSPS) is 10.7. The maximum Gasteiger partial charge on any atom is 0.243 e. The molecule has 7 heteroatoms. The van der Waals surface area contributed by atoms with Crippen molar-refractivity contribution < 1.29 is 14.2 Å². The minimum atomic E-state index is 0.395. The van der Waals surface area contributed by atoms with Crippen LogP contribution in [0.2, 0.25) is 0 Å². The van der Waals surface area contributed by atoms with Crippen molar-refractivity contribution in [1.29, 1.82) is 0 Å². The van der Waals surface area contributed by atoms with Gasteiger partial charge in [0.05, 0.1) is 14.2 Å². The van der Waals surface area contributed by atoms with Gasteiger partial charge in [-0.2, -0.15) is 4.52 Å². The molecule has 7 nitrogen and oxygen atoms in total. The van der Waals surface area contributed by atoms with Crippen molar-refractivity contribution in [1.82, 2.24) is 14.6 Å². The lowest BCUT2D eigenvalue weighted by molar-refractivity contribution is 0.364. The molecule has 0 bridgehead atoms. The van der Waals surface area contributed by atoms with Crippen molar-refractivity contribution in [2.24, 2.45) is 0 Å². The monoisotopic (exact) mass is 362 g/mol. The van der Waals surface area contributed by atoms with E-state index in [2.05, 4.69) is 10.1 Å². The van der Waals surface area contributed by atoms with Gasteiger partial charge in [-0.15, -0.1) is 5.10 Å². The van der Waals surface area contributed by atoms with E-state index in [4.69, 9.17) is 19.9 Å². The van der Waals surface area contributed by atoms with E-state index < -0.39 is 0 Å². The van der Waals surface area contributed by atoms with Gasteiger partial charge in [-0.25, -0.2) is 4.98 Å². The number of anilines is 1. The number of methoxy groups -OCH3 is 2. The molecule has 0 saturated heterocycles. The average molecular weight is 362 g/mol. The summed E-state index contributed by atoms with van der Waals surface area (Å²) in [6.07, 6.45) is 0. The molecule has 2 aromatic heterocycles. The molecular weight excluding hydrogens is 344 g/mol. The van der Waals surface area contributed by atoms with Crippen LogP contribution in [0, 0.1) is 0 Å². The zero-order valence-electron chi connectivity index (χ0n) is 14.9. The number of imidazole rings is 1. The number of hydrogen-bond acceptors (Lipinski definition) is 6. The molecular formula is C20H18N4O3. The Kier molecular flexibility index (Phi) is 4.25. The lowest BCUT2D eigenvalue weighted by Gasteiger charge is -2.09. The third-order valence-electron chi connectivity index (χ3n) is 4.07. The fourth-order valence-electron chi connectivity index (χ4n) is 2.78. The van der Waals surface area contributed by atoms with Gasteiger partial charge in [0.15, 0.2) is 17.1 Å². The number of ether oxygens (including phenoxy) is 3. The number of nitrogens with zero attached hydrogens (tertiary/aromatic N) is 3. The summed E-state index contributed by atoms with van der Waals surface area (Å²) < 4.78 is 18.4. The number of nitrogen functional groups attached to an aromatic ring is 1. The number of aromatic nitrogens is 3. The van der Waals surface area contributed by atoms with Gasteiger partial charge in [0, 0.05) is 17.3 Å².